The number of aliphatic carboxylic acids is 1. The Balaban J connectivity index is 2.97. The first-order valence-corrected chi connectivity index (χ1v) is 3.39. The van der Waals surface area contributed by atoms with Crippen molar-refractivity contribution in [2.24, 2.45) is 0 Å². The maximum Gasteiger partial charge on any atom is 0.307 e. The molecule has 0 fully saturated rings. The van der Waals surface area contributed by atoms with Gasteiger partial charge in [0.15, 0.2) is 0 Å². The largest absolute Gasteiger partial charge is 0.508 e. The van der Waals surface area contributed by atoms with Crippen LogP contribution in [0.2, 0.25) is 0 Å². The minimum Gasteiger partial charge on any atom is -0.508 e. The first kappa shape index (κ1) is 8.39. The summed E-state index contributed by atoms with van der Waals surface area (Å²) in [5, 5.41) is 17.4. The zero-order valence-corrected chi connectivity index (χ0v) is 6.32. The summed E-state index contributed by atoms with van der Waals surface area (Å²) in [6.07, 6.45) is -0.166. The summed E-state index contributed by atoms with van der Waals surface area (Å²) in [5.41, 5.74) is 6.28. The lowest BCUT2D eigenvalue weighted by Gasteiger charge is -2.02. The molecule has 64 valence electrons. The van der Waals surface area contributed by atoms with Crippen LogP contribution in [-0.4, -0.2) is 16.2 Å². The molecular weight excluding hydrogens is 158 g/mol. The zero-order valence-electron chi connectivity index (χ0n) is 6.32. The van der Waals surface area contributed by atoms with Gasteiger partial charge < -0.3 is 15.9 Å². The van der Waals surface area contributed by atoms with Crippen molar-refractivity contribution < 1.29 is 15.0 Å². The van der Waals surface area contributed by atoms with Crippen molar-refractivity contribution in [2.45, 2.75) is 6.42 Å². The zero-order chi connectivity index (χ0) is 9.14. The van der Waals surface area contributed by atoms with Gasteiger partial charge in [0, 0.05) is 5.69 Å². The molecule has 0 heterocycles. The molecule has 0 radical (unpaired) electrons. The summed E-state index contributed by atoms with van der Waals surface area (Å²) >= 11 is 0. The van der Waals surface area contributed by atoms with Crippen LogP contribution in [0.15, 0.2) is 18.2 Å². The van der Waals surface area contributed by atoms with Crippen LogP contribution in [0, 0.1) is 0 Å². The number of phenolic OH excluding ortho intramolecular Hbond substituents is 1. The Bertz CT molecular complexity index is 309. The van der Waals surface area contributed by atoms with Crippen molar-refractivity contribution in [3.63, 3.8) is 0 Å². The number of hydrogen-bond acceptors (Lipinski definition) is 3. The molecule has 0 unspecified atom stereocenters. The van der Waals surface area contributed by atoms with E-state index in [1.54, 1.807) is 0 Å². The molecule has 1 rings (SSSR count). The van der Waals surface area contributed by atoms with E-state index in [2.05, 4.69) is 0 Å². The van der Waals surface area contributed by atoms with E-state index in [1.807, 2.05) is 0 Å². The van der Waals surface area contributed by atoms with Crippen LogP contribution in [-0.2, 0) is 11.2 Å². The third-order valence-corrected chi connectivity index (χ3v) is 1.47. The summed E-state index contributed by atoms with van der Waals surface area (Å²) in [7, 11) is 0. The molecule has 0 atom stereocenters. The number of carbonyl (C=O) groups is 1. The second-order valence-corrected chi connectivity index (χ2v) is 2.45. The van der Waals surface area contributed by atoms with Crippen molar-refractivity contribution in [1.82, 2.24) is 0 Å². The standard InChI is InChI=1S/C8H9NO3/c9-7-2-1-6(10)3-5(7)4-8(11)12/h1-3,10H,4,9H2,(H,11,12). The highest BCUT2D eigenvalue weighted by Crippen LogP contribution is 2.18. The fourth-order valence-corrected chi connectivity index (χ4v) is 0.908. The van der Waals surface area contributed by atoms with Gasteiger partial charge in [-0.25, -0.2) is 0 Å². The summed E-state index contributed by atoms with van der Waals surface area (Å²) in [6, 6.07) is 4.25. The fraction of sp³-hybridized carbons (Fsp3) is 0.125. The molecule has 1 aromatic rings. The van der Waals surface area contributed by atoms with Gasteiger partial charge in [-0.2, -0.15) is 0 Å². The van der Waals surface area contributed by atoms with Gasteiger partial charge in [-0.3, -0.25) is 4.79 Å². The minimum absolute atomic E-state index is 0.0282. The van der Waals surface area contributed by atoms with Gasteiger partial charge >= 0.3 is 5.97 Å². The molecule has 12 heavy (non-hydrogen) atoms. The van der Waals surface area contributed by atoms with Gasteiger partial charge in [0.1, 0.15) is 5.75 Å². The second-order valence-electron chi connectivity index (χ2n) is 2.45. The molecule has 0 saturated heterocycles. The second kappa shape index (κ2) is 3.13. The fourth-order valence-electron chi connectivity index (χ4n) is 0.908. The average molecular weight is 167 g/mol. The number of benzene rings is 1. The molecule has 0 aliphatic carbocycles. The summed E-state index contributed by atoms with van der Waals surface area (Å²) in [4.78, 5) is 10.3. The number of hydrogen-bond donors (Lipinski definition) is 3. The summed E-state index contributed by atoms with van der Waals surface area (Å²) < 4.78 is 0. The smallest absolute Gasteiger partial charge is 0.307 e. The van der Waals surface area contributed by atoms with Gasteiger partial charge in [-0.1, -0.05) is 0 Å². The van der Waals surface area contributed by atoms with E-state index in [0.29, 0.717) is 11.3 Å². The Hall–Kier alpha value is -1.71. The third kappa shape index (κ3) is 1.88. The monoisotopic (exact) mass is 167 g/mol. The maximum atomic E-state index is 10.3. The Labute approximate surface area is 69.3 Å². The van der Waals surface area contributed by atoms with Crippen molar-refractivity contribution in [1.29, 1.82) is 0 Å². The number of rotatable bonds is 2. The number of carboxylic acids is 1. The lowest BCUT2D eigenvalue weighted by Crippen LogP contribution is -2.03. The van der Waals surface area contributed by atoms with Crippen LogP contribution in [0.25, 0.3) is 0 Å². The number of nitrogen functional groups attached to an aromatic ring is 1. The highest BCUT2D eigenvalue weighted by atomic mass is 16.4. The van der Waals surface area contributed by atoms with E-state index in [1.165, 1.54) is 18.2 Å². The third-order valence-electron chi connectivity index (χ3n) is 1.47. The van der Waals surface area contributed by atoms with Crippen LogP contribution in [0.5, 0.6) is 5.75 Å². The number of anilines is 1. The van der Waals surface area contributed by atoms with Crippen molar-refractivity contribution in [2.75, 3.05) is 5.73 Å². The quantitative estimate of drug-likeness (QED) is 0.445. The number of aromatic hydroxyl groups is 1. The van der Waals surface area contributed by atoms with Gasteiger partial charge in [-0.05, 0) is 23.8 Å². The summed E-state index contributed by atoms with van der Waals surface area (Å²) in [6.45, 7) is 0. The molecule has 0 saturated carbocycles. The Morgan fingerprint density at radius 3 is 2.75 bits per heavy atom. The molecule has 4 N–H and O–H groups in total. The van der Waals surface area contributed by atoms with Gasteiger partial charge in [0.2, 0.25) is 0 Å². The van der Waals surface area contributed by atoms with Crippen LogP contribution < -0.4 is 5.73 Å². The van der Waals surface area contributed by atoms with E-state index in [0.717, 1.165) is 0 Å². The van der Waals surface area contributed by atoms with Crippen molar-refractivity contribution in [3.05, 3.63) is 23.8 Å². The molecule has 0 amide bonds. The molecule has 0 aromatic heterocycles. The molecular formula is C8H9NO3. The van der Waals surface area contributed by atoms with Crippen LogP contribution >= 0.6 is 0 Å². The van der Waals surface area contributed by atoms with Gasteiger partial charge in [0.25, 0.3) is 0 Å². The lowest BCUT2D eigenvalue weighted by atomic mass is 10.1. The topological polar surface area (TPSA) is 83.5 Å². The van der Waals surface area contributed by atoms with Gasteiger partial charge in [-0.15, -0.1) is 0 Å². The number of nitrogens with two attached hydrogens (primary N) is 1. The molecule has 0 spiro atoms. The molecule has 0 aliphatic heterocycles. The highest BCUT2D eigenvalue weighted by Gasteiger charge is 2.04. The van der Waals surface area contributed by atoms with E-state index in [9.17, 15) is 4.79 Å². The lowest BCUT2D eigenvalue weighted by molar-refractivity contribution is -0.136. The maximum absolute atomic E-state index is 10.3. The highest BCUT2D eigenvalue weighted by molar-refractivity contribution is 5.73. The number of carboxylic acid groups (broad SMARTS) is 1. The van der Waals surface area contributed by atoms with E-state index >= 15 is 0 Å². The average Bonchev–Trinajstić information content (AvgIpc) is 1.96. The molecule has 0 bridgehead atoms. The Kier molecular flexibility index (Phi) is 2.19. The van der Waals surface area contributed by atoms with E-state index < -0.39 is 5.97 Å². The van der Waals surface area contributed by atoms with Crippen molar-refractivity contribution >= 4 is 11.7 Å². The van der Waals surface area contributed by atoms with Crippen LogP contribution in [0.4, 0.5) is 5.69 Å². The number of phenols is 1. The summed E-state index contributed by atoms with van der Waals surface area (Å²) in [5.74, 6) is -0.937. The molecule has 4 nitrogen and oxygen atoms in total. The predicted molar refractivity (Wildman–Crippen MR) is 43.9 cm³/mol. The molecule has 4 heteroatoms. The SMILES string of the molecule is Nc1ccc(O)cc1CC(=O)O. The normalized spacial score (nSPS) is 9.67. The minimum atomic E-state index is -0.965. The van der Waals surface area contributed by atoms with Crippen LogP contribution in [0.3, 0.4) is 0 Å². The first-order valence-electron chi connectivity index (χ1n) is 3.39. The van der Waals surface area contributed by atoms with E-state index in [4.69, 9.17) is 15.9 Å². The van der Waals surface area contributed by atoms with E-state index in [-0.39, 0.29) is 12.2 Å². The predicted octanol–water partition coefficient (Wildman–Crippen LogP) is 0.602. The Morgan fingerprint density at radius 1 is 1.50 bits per heavy atom. The molecule has 1 aromatic carbocycles. The molecule has 0 aliphatic rings. The van der Waals surface area contributed by atoms with Gasteiger partial charge in [0.05, 0.1) is 6.42 Å². The Morgan fingerprint density at radius 2 is 2.17 bits per heavy atom. The van der Waals surface area contributed by atoms with Crippen molar-refractivity contribution in [3.8, 4) is 5.75 Å². The first-order chi connectivity index (χ1) is 5.59. The van der Waals surface area contributed by atoms with Crippen LogP contribution in [0.1, 0.15) is 5.56 Å².